The fourth-order valence-corrected chi connectivity index (χ4v) is 6.65. The molecule has 0 spiro atoms. The number of rotatable bonds is 37. The number of esters is 1. The Morgan fingerprint density at radius 2 is 1.15 bits per heavy atom. The molecule has 0 aromatic rings. The molecule has 1 aliphatic heterocycles. The lowest BCUT2D eigenvalue weighted by Gasteiger charge is -2.41. The van der Waals surface area contributed by atoms with Crippen LogP contribution >= 0.6 is 0 Å². The molecule has 1 fully saturated rings. The monoisotopic (exact) mass is 867 g/mol. The number of aliphatic hydroxyl groups is 3. The molecule has 0 aliphatic carbocycles. The van der Waals surface area contributed by atoms with Crippen LogP contribution in [-0.4, -0.2) is 97.5 Å². The van der Waals surface area contributed by atoms with Gasteiger partial charge in [-0.1, -0.05) is 137 Å². The van der Waals surface area contributed by atoms with Crippen molar-refractivity contribution in [2.75, 3.05) is 26.4 Å². The maximum absolute atomic E-state index is 12.8. The van der Waals surface area contributed by atoms with Gasteiger partial charge in [-0.15, -0.1) is 0 Å². The number of carbonyl (C=O) groups is 1. The Kier molecular flexibility index (Phi) is 35.0. The second-order valence-corrected chi connectivity index (χ2v) is 15.9. The van der Waals surface area contributed by atoms with Crippen LogP contribution < -0.4 is 0 Å². The van der Waals surface area contributed by atoms with E-state index in [1.807, 2.05) is 0 Å². The molecule has 0 amide bonds. The molecule has 0 radical (unpaired) electrons. The first-order valence-electron chi connectivity index (χ1n) is 22.3. The molecule has 0 aromatic carbocycles. The van der Waals surface area contributed by atoms with E-state index in [1.165, 1.54) is 0 Å². The van der Waals surface area contributed by atoms with Crippen LogP contribution in [0.2, 0.25) is 0 Å². The van der Waals surface area contributed by atoms with Crippen molar-refractivity contribution in [1.82, 2.24) is 0 Å². The van der Waals surface area contributed by atoms with Crippen molar-refractivity contribution in [2.45, 2.75) is 179 Å². The highest BCUT2D eigenvalue weighted by molar-refractivity contribution is 7.80. The molecule has 0 bridgehead atoms. The molecule has 13 heteroatoms. The third-order valence-electron chi connectivity index (χ3n) is 9.48. The summed E-state index contributed by atoms with van der Waals surface area (Å²) in [6, 6.07) is 0. The molecule has 6 unspecified atom stereocenters. The first-order valence-corrected chi connectivity index (χ1v) is 23.7. The molecule has 4 N–H and O–H groups in total. The van der Waals surface area contributed by atoms with Gasteiger partial charge in [0.2, 0.25) is 0 Å². The van der Waals surface area contributed by atoms with E-state index in [4.69, 9.17) is 23.5 Å². The largest absolute Gasteiger partial charge is 0.457 e. The number of hydrogen-bond donors (Lipinski definition) is 4. The summed E-state index contributed by atoms with van der Waals surface area (Å²) in [6.45, 7) is 3.70. The van der Waals surface area contributed by atoms with Crippen LogP contribution in [0.1, 0.15) is 142 Å². The van der Waals surface area contributed by atoms with Gasteiger partial charge in [0.25, 0.3) is 0 Å². The van der Waals surface area contributed by atoms with Gasteiger partial charge in [-0.2, -0.15) is 8.42 Å². The van der Waals surface area contributed by atoms with Gasteiger partial charge < -0.3 is 34.3 Å². The molecule has 1 rings (SSSR count). The first-order chi connectivity index (χ1) is 29.1. The van der Waals surface area contributed by atoms with Crippen molar-refractivity contribution in [3.63, 3.8) is 0 Å². The van der Waals surface area contributed by atoms with E-state index in [0.29, 0.717) is 13.0 Å². The predicted molar refractivity (Wildman–Crippen MR) is 239 cm³/mol. The Labute approximate surface area is 362 Å². The Hall–Kier alpha value is -2.72. The molecule has 1 saturated heterocycles. The lowest BCUT2D eigenvalue weighted by Crippen LogP contribution is -2.60. The fraction of sp³-hybridized carbons (Fsp3) is 0.681. The number of ether oxygens (including phenoxy) is 4. The highest BCUT2D eigenvalue weighted by atomic mass is 32.3. The normalized spacial score (nSPS) is 21.1. The van der Waals surface area contributed by atoms with Gasteiger partial charge in [0.15, 0.2) is 6.29 Å². The van der Waals surface area contributed by atoms with Crippen LogP contribution in [0, 0.1) is 0 Å². The van der Waals surface area contributed by atoms with E-state index < -0.39 is 59.8 Å². The van der Waals surface area contributed by atoms with E-state index in [1.54, 1.807) is 0 Å². The van der Waals surface area contributed by atoms with Crippen LogP contribution in [0.5, 0.6) is 0 Å². The number of aliphatic hydroxyl groups excluding tert-OH is 3. The van der Waals surface area contributed by atoms with E-state index >= 15 is 0 Å². The third-order valence-corrected chi connectivity index (χ3v) is 9.95. The summed E-state index contributed by atoms with van der Waals surface area (Å²) in [5, 5.41) is 30.6. The van der Waals surface area contributed by atoms with Gasteiger partial charge in [-0.3, -0.25) is 9.35 Å². The Balaban J connectivity index is 2.46. The number of unbranched alkanes of at least 4 members (excludes halogenated alkanes) is 10. The molecule has 344 valence electrons. The third kappa shape index (κ3) is 31.2. The molecule has 1 heterocycles. The summed E-state index contributed by atoms with van der Waals surface area (Å²) >= 11 is 0. The van der Waals surface area contributed by atoms with Gasteiger partial charge >= 0.3 is 16.4 Å². The van der Waals surface area contributed by atoms with E-state index in [9.17, 15) is 28.5 Å². The number of allylic oxidation sites excluding steroid dienone is 14. The average Bonchev–Trinajstić information content (AvgIpc) is 3.22. The van der Waals surface area contributed by atoms with Gasteiger partial charge in [-0.25, -0.2) is 4.18 Å². The quantitative estimate of drug-likeness (QED) is 0.0202. The topological polar surface area (TPSA) is 178 Å². The van der Waals surface area contributed by atoms with Crippen LogP contribution in [0.3, 0.4) is 0 Å². The summed E-state index contributed by atoms with van der Waals surface area (Å²) in [5.74, 6) is -0.428. The van der Waals surface area contributed by atoms with E-state index in [-0.39, 0.29) is 19.6 Å². The van der Waals surface area contributed by atoms with E-state index in [0.717, 1.165) is 116 Å². The molecule has 6 atom stereocenters. The van der Waals surface area contributed by atoms with Crippen LogP contribution in [-0.2, 0) is 38.3 Å². The van der Waals surface area contributed by atoms with Crippen molar-refractivity contribution in [3.8, 4) is 0 Å². The lowest BCUT2D eigenvalue weighted by atomic mass is 9.99. The summed E-state index contributed by atoms with van der Waals surface area (Å²) in [5.41, 5.74) is 0. The van der Waals surface area contributed by atoms with Gasteiger partial charge in [0.05, 0.1) is 19.8 Å². The SMILES string of the molecule is CC/C=C\C/C=C\C/C=C\C/C=C\C/C=C\CCCCCCOCC(COC1OC(CO)C(O)C(OS(=O)(=O)O)C1O)OC(=O)CCCCCCC/C=C\C/C=C\CCC. The van der Waals surface area contributed by atoms with Crippen molar-refractivity contribution in [1.29, 1.82) is 0 Å². The van der Waals surface area contributed by atoms with Gasteiger partial charge in [-0.05, 0) is 83.5 Å². The summed E-state index contributed by atoms with van der Waals surface area (Å²) in [6.07, 6.45) is 40.5. The van der Waals surface area contributed by atoms with E-state index in [2.05, 4.69) is 103 Å². The van der Waals surface area contributed by atoms with Crippen LogP contribution in [0.4, 0.5) is 0 Å². The fourth-order valence-electron chi connectivity index (χ4n) is 6.15. The minimum Gasteiger partial charge on any atom is -0.457 e. The zero-order valence-electron chi connectivity index (χ0n) is 36.5. The Bertz CT molecular complexity index is 1370. The zero-order valence-corrected chi connectivity index (χ0v) is 37.3. The molecular formula is C47H78O12S. The summed E-state index contributed by atoms with van der Waals surface area (Å²) in [7, 11) is -5.07. The molecule has 12 nitrogen and oxygen atoms in total. The number of hydrogen-bond acceptors (Lipinski definition) is 11. The minimum atomic E-state index is -5.07. The lowest BCUT2D eigenvalue weighted by molar-refractivity contribution is -0.301. The first kappa shape index (κ1) is 55.3. The zero-order chi connectivity index (χ0) is 43.9. The highest BCUT2D eigenvalue weighted by Crippen LogP contribution is 2.26. The van der Waals surface area contributed by atoms with Crippen molar-refractivity contribution in [3.05, 3.63) is 85.1 Å². The standard InChI is InChI=1S/C47H78O12S/c1-3-5-7-9-11-13-15-17-18-19-20-21-22-23-25-27-29-31-33-35-37-55-39-41(40-56-47-45(51)46(59-60(52,53)54)44(50)42(38-48)58-47)57-43(49)36-34-32-30-28-26-24-16-14-12-10-8-6-4-2/h5,7-8,10-11,13-14,16-18,20-21,23,25,41-42,44-48,50-51H,3-4,6,9,12,15,19,22,24,26-40H2,1-2H3,(H,52,53,54)/b7-5-,10-8-,13-11-,16-14-,18-17-,21-20-,25-23-. The molecule has 0 saturated carbocycles. The Morgan fingerprint density at radius 1 is 0.650 bits per heavy atom. The van der Waals surface area contributed by atoms with Crippen LogP contribution in [0.15, 0.2) is 85.1 Å². The Morgan fingerprint density at radius 3 is 1.68 bits per heavy atom. The number of carbonyl (C=O) groups excluding carboxylic acids is 1. The second kappa shape index (κ2) is 38.0. The molecule has 0 aromatic heterocycles. The smallest absolute Gasteiger partial charge is 0.397 e. The minimum absolute atomic E-state index is 0.00745. The maximum Gasteiger partial charge on any atom is 0.397 e. The second-order valence-electron chi connectivity index (χ2n) is 14.9. The summed E-state index contributed by atoms with van der Waals surface area (Å²) < 4.78 is 59.0. The molecule has 60 heavy (non-hydrogen) atoms. The molecule has 1 aliphatic rings. The van der Waals surface area contributed by atoms with Gasteiger partial charge in [0.1, 0.15) is 30.5 Å². The van der Waals surface area contributed by atoms with Crippen molar-refractivity contribution >= 4 is 16.4 Å². The highest BCUT2D eigenvalue weighted by Gasteiger charge is 2.48. The summed E-state index contributed by atoms with van der Waals surface area (Å²) in [4.78, 5) is 12.8. The predicted octanol–water partition coefficient (Wildman–Crippen LogP) is 9.29. The maximum atomic E-state index is 12.8. The van der Waals surface area contributed by atoms with Crippen LogP contribution in [0.25, 0.3) is 0 Å². The van der Waals surface area contributed by atoms with Gasteiger partial charge in [0, 0.05) is 13.0 Å². The van der Waals surface area contributed by atoms with Crippen molar-refractivity contribution < 1.29 is 56.2 Å². The van der Waals surface area contributed by atoms with Crippen molar-refractivity contribution in [2.24, 2.45) is 0 Å². The average molecular weight is 867 g/mol. The molecular weight excluding hydrogens is 789 g/mol.